The lowest BCUT2D eigenvalue weighted by atomic mass is 9.77. The van der Waals surface area contributed by atoms with Gasteiger partial charge in [0.15, 0.2) is 0 Å². The number of likely N-dealkylation sites (tertiary alicyclic amines) is 1. The minimum absolute atomic E-state index is 0.225. The van der Waals surface area contributed by atoms with Crippen LogP contribution in [0.15, 0.2) is 21.2 Å². The van der Waals surface area contributed by atoms with Crippen LogP contribution in [0.3, 0.4) is 0 Å². The molecule has 2 heterocycles. The van der Waals surface area contributed by atoms with Crippen molar-refractivity contribution in [2.45, 2.75) is 44.6 Å². The Morgan fingerprint density at radius 2 is 1.95 bits per heavy atom. The van der Waals surface area contributed by atoms with Crippen LogP contribution in [0.4, 0.5) is 0 Å². The van der Waals surface area contributed by atoms with E-state index >= 15 is 0 Å². The highest BCUT2D eigenvalue weighted by Crippen LogP contribution is 2.47. The van der Waals surface area contributed by atoms with Crippen molar-refractivity contribution < 1.29 is 4.42 Å². The van der Waals surface area contributed by atoms with Crippen molar-refractivity contribution in [3.8, 4) is 0 Å². The molecule has 1 aliphatic carbocycles. The second kappa shape index (κ2) is 5.58. The van der Waals surface area contributed by atoms with E-state index in [1.165, 1.54) is 38.5 Å². The Labute approximate surface area is 123 Å². The van der Waals surface area contributed by atoms with Crippen LogP contribution in [0.5, 0.6) is 0 Å². The van der Waals surface area contributed by atoms with Crippen molar-refractivity contribution in [1.82, 2.24) is 4.90 Å². The molecule has 2 aliphatic rings. The summed E-state index contributed by atoms with van der Waals surface area (Å²) in [5, 5.41) is 0. The Morgan fingerprint density at radius 3 is 2.47 bits per heavy atom. The van der Waals surface area contributed by atoms with Gasteiger partial charge >= 0.3 is 0 Å². The molecule has 0 aromatic carbocycles. The minimum Gasteiger partial charge on any atom is -0.466 e. The van der Waals surface area contributed by atoms with Crippen molar-refractivity contribution >= 4 is 15.9 Å². The molecule has 0 bridgehead atoms. The van der Waals surface area contributed by atoms with Gasteiger partial charge < -0.3 is 10.2 Å². The third kappa shape index (κ3) is 2.63. The third-order valence-corrected chi connectivity index (χ3v) is 5.79. The topological polar surface area (TPSA) is 42.4 Å². The second-order valence-corrected chi connectivity index (χ2v) is 6.98. The van der Waals surface area contributed by atoms with Gasteiger partial charge in [0.05, 0.1) is 16.8 Å². The normalized spacial score (nSPS) is 24.9. The van der Waals surface area contributed by atoms with Crippen LogP contribution >= 0.6 is 15.9 Å². The fourth-order valence-electron chi connectivity index (χ4n) is 3.90. The number of hydrogen-bond donors (Lipinski definition) is 1. The van der Waals surface area contributed by atoms with Gasteiger partial charge in [0, 0.05) is 6.54 Å². The fraction of sp³-hybridized carbons (Fsp3) is 0.733. The second-order valence-electron chi connectivity index (χ2n) is 6.13. The average molecular weight is 327 g/mol. The number of nitrogens with zero attached hydrogens (tertiary/aromatic N) is 1. The molecule has 2 fully saturated rings. The van der Waals surface area contributed by atoms with Crippen molar-refractivity contribution in [2.24, 2.45) is 11.1 Å². The van der Waals surface area contributed by atoms with Crippen LogP contribution in [0, 0.1) is 5.41 Å². The van der Waals surface area contributed by atoms with Gasteiger partial charge in [-0.25, -0.2) is 0 Å². The van der Waals surface area contributed by atoms with E-state index in [1.807, 2.05) is 6.07 Å². The van der Waals surface area contributed by atoms with Crippen LogP contribution in [0.25, 0.3) is 0 Å². The molecule has 106 valence electrons. The van der Waals surface area contributed by atoms with E-state index < -0.39 is 0 Å². The zero-order valence-corrected chi connectivity index (χ0v) is 13.0. The summed E-state index contributed by atoms with van der Waals surface area (Å²) >= 11 is 3.56. The number of hydrogen-bond acceptors (Lipinski definition) is 3. The third-order valence-electron chi connectivity index (χ3n) is 5.13. The summed E-state index contributed by atoms with van der Waals surface area (Å²) < 4.78 is 6.66. The fourth-order valence-corrected chi connectivity index (χ4v) is 4.37. The first-order valence-electron chi connectivity index (χ1n) is 7.41. The van der Waals surface area contributed by atoms with Crippen molar-refractivity contribution in [1.29, 1.82) is 0 Å². The maximum atomic E-state index is 5.99. The number of rotatable bonds is 3. The predicted molar refractivity (Wildman–Crippen MR) is 79.9 cm³/mol. The Bertz CT molecular complexity index is 416. The van der Waals surface area contributed by atoms with Gasteiger partial charge in [-0.15, -0.1) is 0 Å². The van der Waals surface area contributed by atoms with Crippen LogP contribution in [-0.4, -0.2) is 24.5 Å². The van der Waals surface area contributed by atoms with Gasteiger partial charge in [0.1, 0.15) is 5.76 Å². The van der Waals surface area contributed by atoms with Gasteiger partial charge in [-0.3, -0.25) is 4.90 Å². The Balaban J connectivity index is 1.68. The molecule has 19 heavy (non-hydrogen) atoms. The molecule has 4 heteroatoms. The first-order chi connectivity index (χ1) is 9.24. The van der Waals surface area contributed by atoms with E-state index in [-0.39, 0.29) is 6.04 Å². The standard InChI is InChI=1S/C15H23BrN2O/c16-12-3-10-19-14(12)13(11-17)18-8-6-15(7-9-18)4-1-2-5-15/h3,10,13H,1-2,4-9,11,17H2. The van der Waals surface area contributed by atoms with E-state index in [9.17, 15) is 0 Å². The van der Waals surface area contributed by atoms with E-state index in [0.717, 1.165) is 23.3 Å². The Morgan fingerprint density at radius 1 is 1.26 bits per heavy atom. The van der Waals surface area contributed by atoms with Crippen molar-refractivity contribution in [2.75, 3.05) is 19.6 Å². The van der Waals surface area contributed by atoms with E-state index in [1.54, 1.807) is 6.26 Å². The zero-order valence-electron chi connectivity index (χ0n) is 11.4. The lowest BCUT2D eigenvalue weighted by Crippen LogP contribution is -2.43. The molecular weight excluding hydrogens is 304 g/mol. The summed E-state index contributed by atoms with van der Waals surface area (Å²) in [7, 11) is 0. The molecule has 1 aliphatic heterocycles. The molecule has 1 saturated heterocycles. The smallest absolute Gasteiger partial charge is 0.136 e. The summed E-state index contributed by atoms with van der Waals surface area (Å²) in [5.41, 5.74) is 6.65. The molecular formula is C15H23BrN2O. The number of nitrogens with two attached hydrogens (primary N) is 1. The summed E-state index contributed by atoms with van der Waals surface area (Å²) in [5.74, 6) is 0.991. The minimum atomic E-state index is 0.225. The molecule has 3 nitrogen and oxygen atoms in total. The Kier molecular flexibility index (Phi) is 4.01. The predicted octanol–water partition coefficient (Wildman–Crippen LogP) is 3.70. The molecule has 1 atom stereocenters. The SMILES string of the molecule is NCC(c1occc1Br)N1CCC2(CCCC2)CC1. The summed E-state index contributed by atoms with van der Waals surface area (Å²) in [6.45, 7) is 2.95. The van der Waals surface area contributed by atoms with Crippen LogP contribution in [0.1, 0.15) is 50.3 Å². The van der Waals surface area contributed by atoms with Gasteiger partial charge in [-0.2, -0.15) is 0 Å². The number of furan rings is 1. The molecule has 1 unspecified atom stereocenters. The summed E-state index contributed by atoms with van der Waals surface area (Å²) in [6, 6.07) is 2.18. The molecule has 0 radical (unpaired) electrons. The highest BCUT2D eigenvalue weighted by Gasteiger charge is 2.39. The maximum absolute atomic E-state index is 5.99. The molecule has 3 rings (SSSR count). The van der Waals surface area contributed by atoms with E-state index in [4.69, 9.17) is 10.2 Å². The van der Waals surface area contributed by atoms with Crippen LogP contribution in [-0.2, 0) is 0 Å². The van der Waals surface area contributed by atoms with Crippen molar-refractivity contribution in [3.05, 3.63) is 22.6 Å². The highest BCUT2D eigenvalue weighted by atomic mass is 79.9. The maximum Gasteiger partial charge on any atom is 0.136 e. The molecule has 2 N–H and O–H groups in total. The van der Waals surface area contributed by atoms with Gasteiger partial charge in [-0.05, 0) is 66.2 Å². The average Bonchev–Trinajstić information content (AvgIpc) is 3.04. The molecule has 1 aromatic rings. The Hall–Kier alpha value is -0.320. The van der Waals surface area contributed by atoms with Gasteiger partial charge in [0.25, 0.3) is 0 Å². The molecule has 1 saturated carbocycles. The quantitative estimate of drug-likeness (QED) is 0.920. The van der Waals surface area contributed by atoms with E-state index in [0.29, 0.717) is 12.0 Å². The number of halogens is 1. The van der Waals surface area contributed by atoms with Gasteiger partial charge in [-0.1, -0.05) is 12.8 Å². The highest BCUT2D eigenvalue weighted by molar-refractivity contribution is 9.10. The van der Waals surface area contributed by atoms with Crippen molar-refractivity contribution in [3.63, 3.8) is 0 Å². The van der Waals surface area contributed by atoms with Crippen LogP contribution < -0.4 is 5.73 Å². The molecule has 0 amide bonds. The number of piperidine rings is 1. The summed E-state index contributed by atoms with van der Waals surface area (Å²) in [4.78, 5) is 2.51. The zero-order chi connectivity index (χ0) is 13.3. The molecule has 1 spiro atoms. The first kappa shape index (κ1) is 13.7. The lowest BCUT2D eigenvalue weighted by molar-refractivity contribution is 0.0700. The summed E-state index contributed by atoms with van der Waals surface area (Å²) in [6.07, 6.45) is 10.2. The lowest BCUT2D eigenvalue weighted by Gasteiger charge is -2.42. The first-order valence-corrected chi connectivity index (χ1v) is 8.20. The van der Waals surface area contributed by atoms with Gasteiger partial charge in [0.2, 0.25) is 0 Å². The van der Waals surface area contributed by atoms with Crippen LogP contribution in [0.2, 0.25) is 0 Å². The molecule has 1 aromatic heterocycles. The largest absolute Gasteiger partial charge is 0.466 e. The van der Waals surface area contributed by atoms with E-state index in [2.05, 4.69) is 20.8 Å². The monoisotopic (exact) mass is 326 g/mol.